The van der Waals surface area contributed by atoms with Gasteiger partial charge in [-0.15, -0.1) is 0 Å². The first-order chi connectivity index (χ1) is 8.39. The van der Waals surface area contributed by atoms with E-state index in [2.05, 4.69) is 0 Å². The maximum Gasteiger partial charge on any atom is 0.416 e. The molecule has 0 saturated heterocycles. The van der Waals surface area contributed by atoms with Crippen LogP contribution in [0.5, 0.6) is 0 Å². The lowest BCUT2D eigenvalue weighted by Crippen LogP contribution is -2.45. The first-order valence-corrected chi connectivity index (χ1v) is 6.07. The molecule has 1 saturated carbocycles. The first kappa shape index (κ1) is 13.4. The fraction of sp³-hybridized carbons (Fsp3) is 0.538. The van der Waals surface area contributed by atoms with Crippen LogP contribution in [0.15, 0.2) is 24.3 Å². The molecule has 3 atom stereocenters. The van der Waals surface area contributed by atoms with Crippen LogP contribution in [0.3, 0.4) is 0 Å². The summed E-state index contributed by atoms with van der Waals surface area (Å²) < 4.78 is 38.8. The van der Waals surface area contributed by atoms with Crippen molar-refractivity contribution in [2.24, 2.45) is 11.5 Å². The summed E-state index contributed by atoms with van der Waals surface area (Å²) >= 11 is 0. The van der Waals surface area contributed by atoms with Gasteiger partial charge in [-0.2, -0.15) is 13.2 Å². The summed E-state index contributed by atoms with van der Waals surface area (Å²) in [5.74, 6) is -0.141. The molecule has 1 unspecified atom stereocenters. The van der Waals surface area contributed by atoms with Crippen molar-refractivity contribution in [2.45, 2.75) is 43.4 Å². The fourth-order valence-electron chi connectivity index (χ4n) is 2.62. The van der Waals surface area contributed by atoms with Gasteiger partial charge < -0.3 is 11.5 Å². The lowest BCUT2D eigenvalue weighted by Gasteiger charge is -2.33. The predicted octanol–water partition coefficient (Wildman–Crippen LogP) is 2.63. The summed E-state index contributed by atoms with van der Waals surface area (Å²) in [7, 11) is 0. The van der Waals surface area contributed by atoms with Crippen molar-refractivity contribution in [3.8, 4) is 0 Å². The Hall–Kier alpha value is -1.07. The zero-order valence-electron chi connectivity index (χ0n) is 9.95. The normalized spacial score (nSPS) is 29.3. The summed E-state index contributed by atoms with van der Waals surface area (Å²) in [6.45, 7) is 0. The topological polar surface area (TPSA) is 52.0 Å². The molecule has 0 heterocycles. The SMILES string of the molecule is N[C@H]1CCC(c2ccccc2C(F)(F)F)C[C@@H]1N. The van der Waals surface area contributed by atoms with Crippen molar-refractivity contribution in [1.82, 2.24) is 0 Å². The van der Waals surface area contributed by atoms with Crippen LogP contribution in [-0.4, -0.2) is 12.1 Å². The number of benzene rings is 1. The van der Waals surface area contributed by atoms with E-state index in [1.165, 1.54) is 6.07 Å². The van der Waals surface area contributed by atoms with Gasteiger partial charge in [0.2, 0.25) is 0 Å². The molecule has 2 nitrogen and oxygen atoms in total. The molecule has 0 spiro atoms. The minimum atomic E-state index is -4.31. The van der Waals surface area contributed by atoms with E-state index < -0.39 is 11.7 Å². The third-order valence-corrected chi connectivity index (χ3v) is 3.66. The fourth-order valence-corrected chi connectivity index (χ4v) is 2.62. The molecule has 1 aromatic rings. The molecule has 0 bridgehead atoms. The molecular formula is C13H17F3N2. The van der Waals surface area contributed by atoms with Crippen LogP contribution in [0.4, 0.5) is 13.2 Å². The third kappa shape index (κ3) is 2.67. The predicted molar refractivity (Wildman–Crippen MR) is 64.0 cm³/mol. The monoisotopic (exact) mass is 258 g/mol. The van der Waals surface area contributed by atoms with Crippen LogP contribution < -0.4 is 11.5 Å². The Balaban J connectivity index is 2.29. The number of halogens is 3. The van der Waals surface area contributed by atoms with Crippen LogP contribution in [0, 0.1) is 0 Å². The van der Waals surface area contributed by atoms with Gasteiger partial charge in [0.15, 0.2) is 0 Å². The molecule has 0 amide bonds. The Morgan fingerprint density at radius 1 is 1.00 bits per heavy atom. The average Bonchev–Trinajstić information content (AvgIpc) is 2.32. The number of hydrogen-bond donors (Lipinski definition) is 2. The second-order valence-corrected chi connectivity index (χ2v) is 4.92. The van der Waals surface area contributed by atoms with E-state index in [0.29, 0.717) is 24.8 Å². The molecule has 0 radical (unpaired) electrons. The maximum atomic E-state index is 12.9. The van der Waals surface area contributed by atoms with E-state index in [4.69, 9.17) is 11.5 Å². The lowest BCUT2D eigenvalue weighted by molar-refractivity contribution is -0.138. The summed E-state index contributed by atoms with van der Waals surface area (Å²) in [4.78, 5) is 0. The van der Waals surface area contributed by atoms with Crippen LogP contribution in [-0.2, 0) is 6.18 Å². The van der Waals surface area contributed by atoms with Crippen molar-refractivity contribution in [3.05, 3.63) is 35.4 Å². The van der Waals surface area contributed by atoms with Gasteiger partial charge >= 0.3 is 6.18 Å². The highest BCUT2D eigenvalue weighted by atomic mass is 19.4. The van der Waals surface area contributed by atoms with E-state index in [-0.39, 0.29) is 18.0 Å². The Morgan fingerprint density at radius 2 is 1.67 bits per heavy atom. The van der Waals surface area contributed by atoms with Gasteiger partial charge in [0, 0.05) is 12.1 Å². The van der Waals surface area contributed by atoms with Crippen molar-refractivity contribution in [2.75, 3.05) is 0 Å². The molecule has 18 heavy (non-hydrogen) atoms. The molecule has 1 aromatic carbocycles. The highest BCUT2D eigenvalue weighted by Gasteiger charge is 2.36. The Morgan fingerprint density at radius 3 is 2.28 bits per heavy atom. The average molecular weight is 258 g/mol. The summed E-state index contributed by atoms with van der Waals surface area (Å²) in [6, 6.07) is 5.43. The largest absolute Gasteiger partial charge is 0.416 e. The van der Waals surface area contributed by atoms with Gasteiger partial charge in [0.1, 0.15) is 0 Å². The van der Waals surface area contributed by atoms with Gasteiger partial charge in [-0.3, -0.25) is 0 Å². The van der Waals surface area contributed by atoms with E-state index in [1.54, 1.807) is 12.1 Å². The Bertz CT molecular complexity index is 417. The van der Waals surface area contributed by atoms with Gasteiger partial charge in [-0.05, 0) is 36.8 Å². The third-order valence-electron chi connectivity index (χ3n) is 3.66. The molecular weight excluding hydrogens is 241 g/mol. The summed E-state index contributed by atoms with van der Waals surface area (Å²) in [5.41, 5.74) is 11.5. The standard InChI is InChI=1S/C13H17F3N2/c14-13(15,16)10-4-2-1-3-9(10)8-5-6-11(17)12(18)7-8/h1-4,8,11-12H,5-7,17-18H2/t8?,11-,12-/m0/s1. The van der Waals surface area contributed by atoms with E-state index in [9.17, 15) is 13.2 Å². The second kappa shape index (κ2) is 4.90. The maximum absolute atomic E-state index is 12.9. The minimum Gasteiger partial charge on any atom is -0.326 e. The highest BCUT2D eigenvalue weighted by Crippen LogP contribution is 2.39. The van der Waals surface area contributed by atoms with Gasteiger partial charge in [0.25, 0.3) is 0 Å². The molecule has 1 aliphatic rings. The molecule has 100 valence electrons. The van der Waals surface area contributed by atoms with Crippen LogP contribution >= 0.6 is 0 Å². The number of hydrogen-bond acceptors (Lipinski definition) is 2. The molecule has 4 N–H and O–H groups in total. The summed E-state index contributed by atoms with van der Waals surface area (Å²) in [6.07, 6.45) is -2.44. The van der Waals surface area contributed by atoms with Crippen molar-refractivity contribution in [3.63, 3.8) is 0 Å². The molecule has 5 heteroatoms. The highest BCUT2D eigenvalue weighted by molar-refractivity contribution is 5.33. The second-order valence-electron chi connectivity index (χ2n) is 4.92. The smallest absolute Gasteiger partial charge is 0.326 e. The number of rotatable bonds is 1. The van der Waals surface area contributed by atoms with Gasteiger partial charge in [-0.1, -0.05) is 18.2 Å². The zero-order chi connectivity index (χ0) is 13.3. The quantitative estimate of drug-likeness (QED) is 0.813. The minimum absolute atomic E-state index is 0.0979. The number of alkyl halides is 3. The van der Waals surface area contributed by atoms with E-state index in [1.807, 2.05) is 0 Å². The first-order valence-electron chi connectivity index (χ1n) is 6.07. The molecule has 1 aliphatic carbocycles. The van der Waals surface area contributed by atoms with Gasteiger partial charge in [-0.25, -0.2) is 0 Å². The molecule has 0 aromatic heterocycles. The Labute approximate surface area is 104 Å². The van der Waals surface area contributed by atoms with Crippen LogP contribution in [0.1, 0.15) is 36.3 Å². The van der Waals surface area contributed by atoms with E-state index in [0.717, 1.165) is 6.07 Å². The van der Waals surface area contributed by atoms with Gasteiger partial charge in [0.05, 0.1) is 5.56 Å². The number of nitrogens with two attached hydrogens (primary N) is 2. The zero-order valence-corrected chi connectivity index (χ0v) is 9.95. The molecule has 0 aliphatic heterocycles. The molecule has 2 rings (SSSR count). The van der Waals surface area contributed by atoms with Crippen LogP contribution in [0.2, 0.25) is 0 Å². The molecule has 1 fully saturated rings. The van der Waals surface area contributed by atoms with Crippen molar-refractivity contribution < 1.29 is 13.2 Å². The van der Waals surface area contributed by atoms with Crippen LogP contribution in [0.25, 0.3) is 0 Å². The summed E-state index contributed by atoms with van der Waals surface area (Å²) in [5, 5.41) is 0. The van der Waals surface area contributed by atoms with E-state index >= 15 is 0 Å². The van der Waals surface area contributed by atoms with Crippen molar-refractivity contribution >= 4 is 0 Å². The Kier molecular flexibility index (Phi) is 3.64. The lowest BCUT2D eigenvalue weighted by atomic mass is 9.78. The van der Waals surface area contributed by atoms with Crippen molar-refractivity contribution in [1.29, 1.82) is 0 Å².